The topological polar surface area (TPSA) is 72.7 Å². The molecule has 6 nitrogen and oxygen atoms in total. The van der Waals surface area contributed by atoms with Gasteiger partial charge in [0.1, 0.15) is 5.82 Å². The molecule has 1 amide bonds. The molecular formula is C15H13N5O. The Balaban J connectivity index is 1.78. The summed E-state index contributed by atoms with van der Waals surface area (Å²) in [6, 6.07) is 12.6. The third-order valence-electron chi connectivity index (χ3n) is 2.99. The molecule has 0 spiro atoms. The molecule has 0 aliphatic rings. The van der Waals surface area contributed by atoms with Crippen molar-refractivity contribution >= 4 is 11.6 Å². The van der Waals surface area contributed by atoms with Crippen molar-refractivity contribution < 1.29 is 4.79 Å². The molecule has 0 aliphatic heterocycles. The Kier molecular flexibility index (Phi) is 3.42. The fourth-order valence-electron chi connectivity index (χ4n) is 1.91. The Morgan fingerprint density at radius 3 is 2.52 bits per heavy atom. The largest absolute Gasteiger partial charge is 0.321 e. The SMILES string of the molecule is Cc1nccn1-c1ccc(C(=O)Nc2ccccc2)nn1. The van der Waals surface area contributed by atoms with Crippen molar-refractivity contribution in [1.82, 2.24) is 19.7 Å². The van der Waals surface area contributed by atoms with E-state index in [1.807, 2.05) is 37.3 Å². The lowest BCUT2D eigenvalue weighted by molar-refractivity contribution is 0.102. The first kappa shape index (κ1) is 13.0. The van der Waals surface area contributed by atoms with Crippen molar-refractivity contribution in [3.8, 4) is 5.82 Å². The summed E-state index contributed by atoms with van der Waals surface area (Å²) < 4.78 is 1.80. The lowest BCUT2D eigenvalue weighted by Gasteiger charge is -2.05. The third-order valence-corrected chi connectivity index (χ3v) is 2.99. The molecule has 0 radical (unpaired) electrons. The van der Waals surface area contributed by atoms with Gasteiger partial charge in [0.15, 0.2) is 11.5 Å². The minimum atomic E-state index is -0.289. The van der Waals surface area contributed by atoms with Crippen molar-refractivity contribution in [2.24, 2.45) is 0 Å². The number of carbonyl (C=O) groups excluding carboxylic acids is 1. The van der Waals surface area contributed by atoms with Gasteiger partial charge in [-0.2, -0.15) is 0 Å². The molecule has 0 bridgehead atoms. The van der Waals surface area contributed by atoms with E-state index < -0.39 is 0 Å². The highest BCUT2D eigenvalue weighted by atomic mass is 16.1. The van der Waals surface area contributed by atoms with Crippen LogP contribution >= 0.6 is 0 Å². The number of hydrogen-bond donors (Lipinski definition) is 1. The summed E-state index contributed by atoms with van der Waals surface area (Å²) in [5.74, 6) is 1.15. The first-order chi connectivity index (χ1) is 10.2. The maximum absolute atomic E-state index is 12.0. The highest BCUT2D eigenvalue weighted by molar-refractivity contribution is 6.02. The fraction of sp³-hybridized carbons (Fsp3) is 0.0667. The van der Waals surface area contributed by atoms with E-state index in [4.69, 9.17) is 0 Å². The van der Waals surface area contributed by atoms with Crippen LogP contribution in [0.2, 0.25) is 0 Å². The van der Waals surface area contributed by atoms with Crippen molar-refractivity contribution in [1.29, 1.82) is 0 Å². The summed E-state index contributed by atoms with van der Waals surface area (Å²) in [7, 11) is 0. The second kappa shape index (κ2) is 5.54. The van der Waals surface area contributed by atoms with Crippen LogP contribution in [0.15, 0.2) is 54.9 Å². The second-order valence-corrected chi connectivity index (χ2v) is 4.44. The number of benzene rings is 1. The molecule has 104 valence electrons. The lowest BCUT2D eigenvalue weighted by atomic mass is 10.3. The van der Waals surface area contributed by atoms with E-state index in [0.717, 1.165) is 11.5 Å². The summed E-state index contributed by atoms with van der Waals surface area (Å²) in [6.45, 7) is 1.87. The molecule has 0 saturated heterocycles. The highest BCUT2D eigenvalue weighted by Gasteiger charge is 2.09. The van der Waals surface area contributed by atoms with Gasteiger partial charge in [-0.3, -0.25) is 9.36 Å². The van der Waals surface area contributed by atoms with Gasteiger partial charge in [-0.25, -0.2) is 4.98 Å². The van der Waals surface area contributed by atoms with E-state index in [2.05, 4.69) is 20.5 Å². The van der Waals surface area contributed by atoms with Crippen LogP contribution in [0.1, 0.15) is 16.3 Å². The van der Waals surface area contributed by atoms with Gasteiger partial charge in [-0.1, -0.05) is 18.2 Å². The maximum atomic E-state index is 12.0. The molecular weight excluding hydrogens is 266 g/mol. The maximum Gasteiger partial charge on any atom is 0.276 e. The van der Waals surface area contributed by atoms with E-state index in [9.17, 15) is 4.79 Å². The number of amides is 1. The van der Waals surface area contributed by atoms with Crippen molar-refractivity contribution in [2.75, 3.05) is 5.32 Å². The molecule has 6 heteroatoms. The zero-order valence-corrected chi connectivity index (χ0v) is 11.4. The average molecular weight is 279 g/mol. The van der Waals surface area contributed by atoms with E-state index in [-0.39, 0.29) is 11.6 Å². The lowest BCUT2D eigenvalue weighted by Crippen LogP contribution is -2.15. The second-order valence-electron chi connectivity index (χ2n) is 4.44. The van der Waals surface area contributed by atoms with Crippen molar-refractivity contribution in [3.63, 3.8) is 0 Å². The molecule has 0 atom stereocenters. The normalized spacial score (nSPS) is 10.3. The average Bonchev–Trinajstić information content (AvgIpc) is 2.94. The van der Waals surface area contributed by atoms with Crippen LogP contribution in [-0.4, -0.2) is 25.7 Å². The fourth-order valence-corrected chi connectivity index (χ4v) is 1.91. The number of rotatable bonds is 3. The molecule has 0 unspecified atom stereocenters. The predicted octanol–water partition coefficient (Wildman–Crippen LogP) is 2.22. The Morgan fingerprint density at radius 2 is 1.90 bits per heavy atom. The zero-order chi connectivity index (χ0) is 14.7. The molecule has 1 N–H and O–H groups in total. The molecule has 1 aromatic carbocycles. The summed E-state index contributed by atoms with van der Waals surface area (Å²) in [6.07, 6.45) is 3.48. The molecule has 0 saturated carbocycles. The van der Waals surface area contributed by atoms with Gasteiger partial charge in [-0.15, -0.1) is 10.2 Å². The molecule has 2 aromatic heterocycles. The van der Waals surface area contributed by atoms with Crippen LogP contribution in [0, 0.1) is 6.92 Å². The van der Waals surface area contributed by atoms with E-state index in [1.165, 1.54) is 0 Å². The monoisotopic (exact) mass is 279 g/mol. The van der Waals surface area contributed by atoms with Crippen LogP contribution in [0.4, 0.5) is 5.69 Å². The van der Waals surface area contributed by atoms with Crippen molar-refractivity contribution in [2.45, 2.75) is 6.92 Å². The number of hydrogen-bond acceptors (Lipinski definition) is 4. The van der Waals surface area contributed by atoms with Gasteiger partial charge >= 0.3 is 0 Å². The third kappa shape index (κ3) is 2.79. The zero-order valence-electron chi connectivity index (χ0n) is 11.4. The van der Waals surface area contributed by atoms with Crippen LogP contribution in [0.3, 0.4) is 0 Å². The first-order valence-corrected chi connectivity index (χ1v) is 6.44. The molecule has 3 aromatic rings. The molecule has 0 aliphatic carbocycles. The molecule has 21 heavy (non-hydrogen) atoms. The van der Waals surface area contributed by atoms with E-state index >= 15 is 0 Å². The Labute approximate surface area is 121 Å². The Hall–Kier alpha value is -3.02. The summed E-state index contributed by atoms with van der Waals surface area (Å²) in [5, 5.41) is 10.8. The Bertz CT molecular complexity index is 749. The van der Waals surface area contributed by atoms with Gasteiger partial charge in [-0.05, 0) is 31.2 Å². The van der Waals surface area contributed by atoms with Crippen LogP contribution < -0.4 is 5.32 Å². The van der Waals surface area contributed by atoms with Crippen LogP contribution in [-0.2, 0) is 0 Å². The quantitative estimate of drug-likeness (QED) is 0.798. The number of anilines is 1. The summed E-state index contributed by atoms with van der Waals surface area (Å²) >= 11 is 0. The van der Waals surface area contributed by atoms with E-state index in [1.54, 1.807) is 29.1 Å². The van der Waals surface area contributed by atoms with Crippen molar-refractivity contribution in [3.05, 3.63) is 66.4 Å². The van der Waals surface area contributed by atoms with Crippen LogP contribution in [0.5, 0.6) is 0 Å². The van der Waals surface area contributed by atoms with Gasteiger partial charge in [0.2, 0.25) is 0 Å². The number of aryl methyl sites for hydroxylation is 1. The number of para-hydroxylation sites is 1. The van der Waals surface area contributed by atoms with Gasteiger partial charge < -0.3 is 5.32 Å². The molecule has 0 fully saturated rings. The van der Waals surface area contributed by atoms with Gasteiger partial charge in [0.05, 0.1) is 0 Å². The predicted molar refractivity (Wildman–Crippen MR) is 78.3 cm³/mol. The van der Waals surface area contributed by atoms with Gasteiger partial charge in [0.25, 0.3) is 5.91 Å². The van der Waals surface area contributed by atoms with E-state index in [0.29, 0.717) is 5.82 Å². The number of aromatic nitrogens is 4. The first-order valence-electron chi connectivity index (χ1n) is 6.44. The standard InChI is InChI=1S/C15H13N5O/c1-11-16-9-10-20(11)14-8-7-13(18-19-14)15(21)17-12-5-3-2-4-6-12/h2-10H,1H3,(H,17,21). The smallest absolute Gasteiger partial charge is 0.276 e. The number of imidazole rings is 1. The minimum Gasteiger partial charge on any atom is -0.321 e. The Morgan fingerprint density at radius 1 is 1.10 bits per heavy atom. The summed E-state index contributed by atoms with van der Waals surface area (Å²) in [5.41, 5.74) is 0.985. The number of carbonyl (C=O) groups is 1. The molecule has 3 rings (SSSR count). The number of nitrogens with one attached hydrogen (secondary N) is 1. The highest BCUT2D eigenvalue weighted by Crippen LogP contribution is 2.09. The van der Waals surface area contributed by atoms with Gasteiger partial charge in [0, 0.05) is 18.1 Å². The number of nitrogens with zero attached hydrogens (tertiary/aromatic N) is 4. The van der Waals surface area contributed by atoms with Crippen LogP contribution in [0.25, 0.3) is 5.82 Å². The minimum absolute atomic E-state index is 0.264. The summed E-state index contributed by atoms with van der Waals surface area (Å²) in [4.78, 5) is 16.2. The molecule has 2 heterocycles.